The summed E-state index contributed by atoms with van der Waals surface area (Å²) in [6, 6.07) is 28.4. The lowest BCUT2D eigenvalue weighted by atomic mass is 9.80. The number of fused-ring (bicyclic) bond motifs is 2. The Kier molecular flexibility index (Phi) is 7.59. The van der Waals surface area contributed by atoms with Crippen LogP contribution in [-0.4, -0.2) is 62.1 Å². The lowest BCUT2D eigenvalue weighted by Gasteiger charge is -2.51. The molecule has 0 bridgehead atoms. The predicted molar refractivity (Wildman–Crippen MR) is 178 cm³/mol. The molecule has 0 radical (unpaired) electrons. The normalized spacial score (nSPS) is 20.0. The molecule has 10 heteroatoms. The minimum atomic E-state index is -4.11. The maximum atomic E-state index is 14.9. The van der Waals surface area contributed by atoms with Gasteiger partial charge in [-0.3, -0.25) is 19.2 Å². The number of rotatable bonds is 7. The molecule has 3 aromatic carbocycles. The van der Waals surface area contributed by atoms with Crippen molar-refractivity contribution in [3.05, 3.63) is 120 Å². The molecule has 9 nitrogen and oxygen atoms in total. The van der Waals surface area contributed by atoms with Crippen LogP contribution in [0.5, 0.6) is 5.75 Å². The molecule has 232 valence electrons. The van der Waals surface area contributed by atoms with E-state index in [-0.39, 0.29) is 17.5 Å². The Hall–Kier alpha value is -4.98. The molecule has 2 atom stereocenters. The Morgan fingerprint density at radius 3 is 2.54 bits per heavy atom. The fraction of sp³-hybridized carbons (Fsp3) is 0.250. The van der Waals surface area contributed by atoms with Gasteiger partial charge in [0.05, 0.1) is 41.5 Å². The smallest absolute Gasteiger partial charge is 0.266 e. The quantitative estimate of drug-likeness (QED) is 0.230. The Labute approximate surface area is 269 Å². The minimum Gasteiger partial charge on any atom is -0.494 e. The van der Waals surface area contributed by atoms with E-state index in [4.69, 9.17) is 4.74 Å². The first-order chi connectivity index (χ1) is 22.4. The van der Waals surface area contributed by atoms with Crippen LogP contribution < -0.4 is 13.9 Å². The molecule has 5 aromatic rings. The van der Waals surface area contributed by atoms with Gasteiger partial charge in [-0.2, -0.15) is 5.26 Å². The van der Waals surface area contributed by atoms with Crippen molar-refractivity contribution in [2.45, 2.75) is 30.3 Å². The first-order valence-electron chi connectivity index (χ1n) is 15.4. The van der Waals surface area contributed by atoms with Crippen molar-refractivity contribution in [3.63, 3.8) is 0 Å². The van der Waals surface area contributed by atoms with Gasteiger partial charge in [-0.15, -0.1) is 0 Å². The summed E-state index contributed by atoms with van der Waals surface area (Å²) in [6.45, 7) is 6.76. The first-order valence-corrected chi connectivity index (χ1v) is 16.9. The number of nitriles is 1. The highest BCUT2D eigenvalue weighted by Crippen LogP contribution is 2.53. The van der Waals surface area contributed by atoms with E-state index in [0.29, 0.717) is 35.7 Å². The average Bonchev–Trinajstić information content (AvgIpc) is 3.44. The van der Waals surface area contributed by atoms with Gasteiger partial charge in [0.2, 0.25) is 0 Å². The average molecular weight is 631 g/mol. The minimum absolute atomic E-state index is 0.00272. The first kappa shape index (κ1) is 29.7. The highest BCUT2D eigenvalue weighted by molar-refractivity contribution is 7.93. The van der Waals surface area contributed by atoms with E-state index in [0.717, 1.165) is 35.3 Å². The Bertz CT molecular complexity index is 2060. The number of para-hydroxylation sites is 2. The fourth-order valence-corrected chi connectivity index (χ4v) is 8.86. The SMILES string of the molecule is CCOc1ccccc1C1(N2CCN(c3ccncc3)CC2C)CN(S(=O)(=O)c2cccc3cccnc23)c2ccc(C#N)cc21. The van der Waals surface area contributed by atoms with Crippen molar-refractivity contribution in [2.75, 3.05) is 42.0 Å². The topological polar surface area (TPSA) is 103 Å². The molecule has 2 aliphatic rings. The van der Waals surface area contributed by atoms with Gasteiger partial charge in [-0.05, 0) is 62.4 Å². The van der Waals surface area contributed by atoms with Crippen LogP contribution in [0, 0.1) is 11.3 Å². The number of aromatic nitrogens is 2. The van der Waals surface area contributed by atoms with E-state index >= 15 is 0 Å². The van der Waals surface area contributed by atoms with Crippen molar-refractivity contribution in [3.8, 4) is 11.8 Å². The molecule has 0 saturated carbocycles. The van der Waals surface area contributed by atoms with Gasteiger partial charge < -0.3 is 9.64 Å². The van der Waals surface area contributed by atoms with E-state index in [1.54, 1.807) is 48.9 Å². The lowest BCUT2D eigenvalue weighted by molar-refractivity contribution is 0.0767. The number of pyridine rings is 2. The molecule has 0 aliphatic carbocycles. The molecule has 4 heterocycles. The number of hydrogen-bond donors (Lipinski definition) is 0. The summed E-state index contributed by atoms with van der Waals surface area (Å²) in [5, 5.41) is 10.8. The Balaban J connectivity index is 1.44. The summed E-state index contributed by atoms with van der Waals surface area (Å²) in [5.41, 5.74) is 3.20. The third kappa shape index (κ3) is 4.75. The fourth-order valence-electron chi connectivity index (χ4n) is 7.18. The van der Waals surface area contributed by atoms with Gasteiger partial charge in [0.15, 0.2) is 0 Å². The molecular weight excluding hydrogens is 597 g/mol. The number of sulfonamides is 1. The van der Waals surface area contributed by atoms with E-state index in [1.807, 2.05) is 61.5 Å². The van der Waals surface area contributed by atoms with Crippen LogP contribution in [0.3, 0.4) is 0 Å². The van der Waals surface area contributed by atoms with E-state index < -0.39 is 15.6 Å². The molecule has 2 aromatic heterocycles. The molecule has 2 unspecified atom stereocenters. The second-order valence-electron chi connectivity index (χ2n) is 11.7. The summed E-state index contributed by atoms with van der Waals surface area (Å²) < 4.78 is 37.5. The number of ether oxygens (including phenoxy) is 1. The largest absolute Gasteiger partial charge is 0.494 e. The van der Waals surface area contributed by atoms with E-state index in [2.05, 4.69) is 32.8 Å². The summed E-state index contributed by atoms with van der Waals surface area (Å²) in [6.07, 6.45) is 5.21. The molecule has 0 amide bonds. The van der Waals surface area contributed by atoms with Crippen LogP contribution in [0.1, 0.15) is 30.5 Å². The standard InChI is InChI=1S/C36H34N6O3S/c1-3-45-33-11-5-4-10-30(33)36(41-21-20-40(24-26(41)2)29-15-18-38-19-16-29)25-42(32-14-13-27(23-37)22-31(32)36)46(43,44)34-12-6-8-28-9-7-17-39-35(28)34/h4-19,22,26H,3,20-21,24-25H2,1-2H3. The maximum absolute atomic E-state index is 14.9. The van der Waals surface area contributed by atoms with Crippen molar-refractivity contribution < 1.29 is 13.2 Å². The molecule has 2 aliphatic heterocycles. The van der Waals surface area contributed by atoms with Gasteiger partial charge >= 0.3 is 0 Å². The predicted octanol–water partition coefficient (Wildman–Crippen LogP) is 5.56. The monoisotopic (exact) mass is 630 g/mol. The summed E-state index contributed by atoms with van der Waals surface area (Å²) in [5.74, 6) is 0.688. The zero-order valence-corrected chi connectivity index (χ0v) is 26.6. The molecular formula is C36H34N6O3S. The summed E-state index contributed by atoms with van der Waals surface area (Å²) in [7, 11) is -4.11. The van der Waals surface area contributed by atoms with Crippen LogP contribution in [0.4, 0.5) is 11.4 Å². The molecule has 0 N–H and O–H groups in total. The number of nitrogens with zero attached hydrogens (tertiary/aromatic N) is 6. The highest BCUT2D eigenvalue weighted by atomic mass is 32.2. The van der Waals surface area contributed by atoms with Gasteiger partial charge in [-0.1, -0.05) is 36.4 Å². The van der Waals surface area contributed by atoms with E-state index in [1.165, 1.54) is 4.31 Å². The molecule has 0 spiro atoms. The third-order valence-corrected chi connectivity index (χ3v) is 10.9. The molecule has 7 rings (SSSR count). The van der Waals surface area contributed by atoms with Gasteiger partial charge in [0.25, 0.3) is 10.0 Å². The van der Waals surface area contributed by atoms with Gasteiger partial charge in [-0.25, -0.2) is 8.42 Å². The lowest BCUT2D eigenvalue weighted by Crippen LogP contribution is -2.62. The third-order valence-electron chi connectivity index (χ3n) is 9.15. The van der Waals surface area contributed by atoms with Crippen LogP contribution in [0.2, 0.25) is 0 Å². The maximum Gasteiger partial charge on any atom is 0.266 e. The van der Waals surface area contributed by atoms with Crippen molar-refractivity contribution in [1.82, 2.24) is 14.9 Å². The second kappa shape index (κ2) is 11.7. The zero-order valence-electron chi connectivity index (χ0n) is 25.7. The molecule has 1 saturated heterocycles. The molecule has 46 heavy (non-hydrogen) atoms. The number of hydrogen-bond acceptors (Lipinski definition) is 8. The molecule has 1 fully saturated rings. The van der Waals surface area contributed by atoms with E-state index in [9.17, 15) is 13.7 Å². The highest BCUT2D eigenvalue weighted by Gasteiger charge is 2.55. The number of anilines is 2. The van der Waals surface area contributed by atoms with Crippen molar-refractivity contribution in [1.29, 1.82) is 5.26 Å². The van der Waals surface area contributed by atoms with Crippen molar-refractivity contribution in [2.24, 2.45) is 0 Å². The van der Waals surface area contributed by atoms with Crippen LogP contribution in [-0.2, 0) is 15.6 Å². The van der Waals surface area contributed by atoms with Gasteiger partial charge in [0, 0.05) is 66.5 Å². The van der Waals surface area contributed by atoms with Crippen LogP contribution in [0.15, 0.2) is 108 Å². The van der Waals surface area contributed by atoms with Crippen molar-refractivity contribution >= 4 is 32.3 Å². The summed E-state index contributed by atoms with van der Waals surface area (Å²) in [4.78, 5) is 13.6. The number of piperazine rings is 1. The van der Waals surface area contributed by atoms with Crippen LogP contribution >= 0.6 is 0 Å². The van der Waals surface area contributed by atoms with Gasteiger partial charge in [0.1, 0.15) is 10.6 Å². The zero-order chi connectivity index (χ0) is 31.9. The van der Waals surface area contributed by atoms with Crippen LogP contribution in [0.25, 0.3) is 10.9 Å². The summed E-state index contributed by atoms with van der Waals surface area (Å²) >= 11 is 0. The Morgan fingerprint density at radius 1 is 0.957 bits per heavy atom. The number of benzene rings is 3. The second-order valence-corrected chi connectivity index (χ2v) is 13.5. The Morgan fingerprint density at radius 2 is 1.76 bits per heavy atom.